The van der Waals surface area contributed by atoms with Gasteiger partial charge in [0.25, 0.3) is 6.71 Å². The molecule has 0 unspecified atom stereocenters. The van der Waals surface area contributed by atoms with Gasteiger partial charge in [-0.1, -0.05) is 131 Å². The summed E-state index contributed by atoms with van der Waals surface area (Å²) in [6, 6.07) is 79.4. The van der Waals surface area contributed by atoms with Crippen molar-refractivity contribution in [3.05, 3.63) is 242 Å². The molecule has 16 aromatic rings. The van der Waals surface area contributed by atoms with E-state index in [1.807, 2.05) is 54.9 Å². The van der Waals surface area contributed by atoms with E-state index in [-0.39, 0.29) is 45.3 Å². The minimum Gasteiger partial charge on any atom is -0.518 e. The summed E-state index contributed by atoms with van der Waals surface area (Å²) in [5, 5.41) is 6.44. The molecule has 95 heavy (non-hydrogen) atoms. The third kappa shape index (κ3) is 9.16. The Morgan fingerprint density at radius 2 is 0.905 bits per heavy atom. The molecule has 0 saturated heterocycles. The van der Waals surface area contributed by atoms with Crippen molar-refractivity contribution >= 4 is 133 Å². The van der Waals surface area contributed by atoms with E-state index in [1.54, 1.807) is 22.7 Å². The number of nitrogens with zero attached hydrogens (tertiary/aromatic N) is 6. The molecule has 0 spiro atoms. The van der Waals surface area contributed by atoms with Crippen molar-refractivity contribution < 1.29 is 40.0 Å². The van der Waals surface area contributed by atoms with Crippen LogP contribution < -0.4 is 51.7 Å². The second kappa shape index (κ2) is 21.5. The van der Waals surface area contributed by atoms with Crippen LogP contribution in [0.2, 0.25) is 0 Å². The molecular weight excluding hydrogens is 1390 g/mol. The third-order valence-electron chi connectivity index (χ3n) is 18.9. The molecule has 6 aromatic heterocycles. The van der Waals surface area contributed by atoms with Gasteiger partial charge >= 0.3 is 21.1 Å². The zero-order chi connectivity index (χ0) is 62.9. The Labute approximate surface area is 570 Å². The first-order valence-electron chi connectivity index (χ1n) is 31.7. The van der Waals surface area contributed by atoms with Gasteiger partial charge in [0.1, 0.15) is 51.1 Å². The maximum Gasteiger partial charge on any atom is 2.00 e. The van der Waals surface area contributed by atoms with Crippen molar-refractivity contribution in [3.63, 3.8) is 0 Å². The number of hydrogen-bond donors (Lipinski definition) is 0. The number of thiazole rings is 2. The van der Waals surface area contributed by atoms with E-state index in [2.05, 4.69) is 227 Å². The van der Waals surface area contributed by atoms with E-state index in [4.69, 9.17) is 38.9 Å². The van der Waals surface area contributed by atoms with E-state index >= 15 is 0 Å². The molecule has 0 aliphatic carbocycles. The number of pyridine rings is 2. The summed E-state index contributed by atoms with van der Waals surface area (Å²) in [5.41, 5.74) is 16.7. The van der Waals surface area contributed by atoms with Crippen LogP contribution in [0, 0.1) is 12.1 Å². The molecule has 0 amide bonds. The van der Waals surface area contributed by atoms with Gasteiger partial charge in [0.05, 0.1) is 26.8 Å². The minimum absolute atomic E-state index is 0. The fraction of sp³-hybridized carbons (Fsp3) is 0.100. The molecule has 0 radical (unpaired) electrons. The number of rotatable bonds is 4. The fourth-order valence-corrected chi connectivity index (χ4v) is 16.2. The molecular formula is C80H54B2N6O4PtS2. The van der Waals surface area contributed by atoms with Crippen LogP contribution in [0.15, 0.2) is 219 Å². The van der Waals surface area contributed by atoms with Crippen LogP contribution in [-0.2, 0) is 31.9 Å². The SMILES string of the molecule is CC(C)(C)c1cc2c3c(c1)Oc1cc4c5ccccc5n(-c5ccccn5)c4[c-]c1B3c1[c-]c(-c3nc4ccccc4s3)ccc1O2.CC(C)(C)c1cc2c3c(c1)Oc1cc4c5ccccc5n(-c5ccccn5)c4cc1B3c1cc(-c3nc4ccccc4s3)ccc1O2.[Pt+2]. The molecule has 0 N–H and O–H groups in total. The zero-order valence-corrected chi connectivity index (χ0v) is 56.3. The molecule has 10 nitrogen and oxygen atoms in total. The Morgan fingerprint density at radius 3 is 1.55 bits per heavy atom. The van der Waals surface area contributed by atoms with Crippen LogP contribution in [0.25, 0.3) is 96.8 Å². The third-order valence-corrected chi connectivity index (χ3v) is 21.0. The van der Waals surface area contributed by atoms with Gasteiger partial charge in [-0.05, 0) is 147 Å². The number of fused-ring (bicyclic) bond motifs is 16. The summed E-state index contributed by atoms with van der Waals surface area (Å²) in [7, 11) is 0. The van der Waals surface area contributed by atoms with Gasteiger partial charge in [0.15, 0.2) is 0 Å². The quantitative estimate of drug-likeness (QED) is 0.127. The summed E-state index contributed by atoms with van der Waals surface area (Å²) in [6.07, 6.45) is 3.69. The first kappa shape index (κ1) is 57.6. The second-order valence-corrected chi connectivity index (χ2v) is 28.8. The first-order chi connectivity index (χ1) is 45.8. The number of hydrogen-bond acceptors (Lipinski definition) is 10. The van der Waals surface area contributed by atoms with Crippen molar-refractivity contribution in [3.8, 4) is 78.8 Å². The smallest absolute Gasteiger partial charge is 0.518 e. The minimum atomic E-state index is -0.199. The predicted octanol–water partition coefficient (Wildman–Crippen LogP) is 16.6. The van der Waals surface area contributed by atoms with Crippen LogP contribution in [0.1, 0.15) is 52.7 Å². The summed E-state index contributed by atoms with van der Waals surface area (Å²) >= 11 is 3.40. The summed E-state index contributed by atoms with van der Waals surface area (Å²) < 4.78 is 34.0. The monoisotopic (exact) mass is 1440 g/mol. The molecule has 10 heterocycles. The van der Waals surface area contributed by atoms with Crippen LogP contribution in [0.3, 0.4) is 0 Å². The summed E-state index contributed by atoms with van der Waals surface area (Å²) in [4.78, 5) is 19.5. The van der Waals surface area contributed by atoms with Gasteiger partial charge in [-0.25, -0.2) is 15.0 Å². The maximum absolute atomic E-state index is 6.89. The van der Waals surface area contributed by atoms with Crippen LogP contribution >= 0.6 is 22.7 Å². The molecule has 4 aliphatic heterocycles. The van der Waals surface area contributed by atoms with Crippen molar-refractivity contribution in [1.82, 2.24) is 29.1 Å². The van der Waals surface area contributed by atoms with Gasteiger partial charge in [-0.2, -0.15) is 17.4 Å². The number of ether oxygens (including phenoxy) is 4. The Morgan fingerprint density at radius 1 is 0.400 bits per heavy atom. The van der Waals surface area contributed by atoms with Crippen molar-refractivity contribution in [2.45, 2.75) is 52.4 Å². The van der Waals surface area contributed by atoms with Gasteiger partial charge in [0, 0.05) is 66.4 Å². The molecule has 10 aromatic carbocycles. The number of benzene rings is 10. The molecule has 4 aliphatic rings. The van der Waals surface area contributed by atoms with E-state index in [0.717, 1.165) is 171 Å². The predicted molar refractivity (Wildman–Crippen MR) is 385 cm³/mol. The molecule has 0 bridgehead atoms. The molecule has 15 heteroatoms. The normalized spacial score (nSPS) is 13.2. The summed E-state index contributed by atoms with van der Waals surface area (Å²) in [5.74, 6) is 8.39. The average Bonchev–Trinajstić information content (AvgIpc) is 1.66. The Balaban J connectivity index is 0.000000138. The first-order valence-corrected chi connectivity index (χ1v) is 33.3. The van der Waals surface area contributed by atoms with Gasteiger partial charge in [-0.3, -0.25) is 9.55 Å². The number of aromatic nitrogens is 6. The Kier molecular flexibility index (Phi) is 13.0. The van der Waals surface area contributed by atoms with E-state index < -0.39 is 0 Å². The van der Waals surface area contributed by atoms with E-state index in [9.17, 15) is 0 Å². The zero-order valence-electron chi connectivity index (χ0n) is 52.4. The van der Waals surface area contributed by atoms with E-state index in [0.29, 0.717) is 0 Å². The standard InChI is InChI=1S/C40H28BN3O2S.C40H26BN3O2S.Pt/c2*1-40(2,3)24-19-34-38-35(20-24)46-33-21-26-25-10-4-6-12-30(25)44(37-14-8-9-17-42-37)31(26)22-28(33)41(38)27-18-23(15-16-32(27)45-34)39-43-29-11-5-7-13-36(29)47-39;/h4-22H,1-3H3;4-17,19-21H,1-3H3;/q;-2;+2. The van der Waals surface area contributed by atoms with Crippen molar-refractivity contribution in [1.29, 1.82) is 0 Å². The average molecular weight is 1440 g/mol. The topological polar surface area (TPSA) is 98.3 Å². The van der Waals surface area contributed by atoms with Crippen LogP contribution in [0.5, 0.6) is 46.0 Å². The van der Waals surface area contributed by atoms with Crippen molar-refractivity contribution in [2.75, 3.05) is 0 Å². The fourth-order valence-electron chi connectivity index (χ4n) is 14.3. The van der Waals surface area contributed by atoms with Gasteiger partial charge in [0.2, 0.25) is 6.71 Å². The molecule has 0 saturated carbocycles. The van der Waals surface area contributed by atoms with Crippen molar-refractivity contribution in [2.24, 2.45) is 0 Å². The molecule has 456 valence electrons. The van der Waals surface area contributed by atoms with Crippen LogP contribution in [0.4, 0.5) is 0 Å². The second-order valence-electron chi connectivity index (χ2n) is 26.7. The largest absolute Gasteiger partial charge is 2.00 e. The molecule has 20 rings (SSSR count). The maximum atomic E-state index is 6.89. The summed E-state index contributed by atoms with van der Waals surface area (Å²) in [6.45, 7) is 13.1. The Hall–Kier alpha value is -10.1. The van der Waals surface area contributed by atoms with Gasteiger partial charge in [-0.15, -0.1) is 52.1 Å². The van der Waals surface area contributed by atoms with Crippen LogP contribution in [-0.4, -0.2) is 42.5 Å². The Bertz CT molecular complexity index is 5470. The van der Waals surface area contributed by atoms with Gasteiger partial charge < -0.3 is 23.5 Å². The molecule has 0 atom stereocenters. The number of para-hydroxylation sites is 4. The van der Waals surface area contributed by atoms with E-state index in [1.165, 1.54) is 15.6 Å². The molecule has 0 fully saturated rings.